The van der Waals surface area contributed by atoms with E-state index in [1.165, 1.54) is 12.1 Å². The van der Waals surface area contributed by atoms with Gasteiger partial charge in [-0.05, 0) is 30.3 Å². The monoisotopic (exact) mass is 344 g/mol. The second-order valence-corrected chi connectivity index (χ2v) is 5.27. The highest BCUT2D eigenvalue weighted by Gasteiger charge is 2.11. The second kappa shape index (κ2) is 7.01. The third kappa shape index (κ3) is 3.82. The molecule has 0 saturated heterocycles. The first-order chi connectivity index (χ1) is 11.6. The van der Waals surface area contributed by atoms with E-state index < -0.39 is 0 Å². The third-order valence-corrected chi connectivity index (χ3v) is 3.34. The molecule has 0 saturated carbocycles. The molecule has 0 aliphatic carbocycles. The molecule has 1 amide bonds. The molecule has 0 atom stereocenters. The van der Waals surface area contributed by atoms with Crippen LogP contribution in [-0.2, 0) is 6.54 Å². The van der Waals surface area contributed by atoms with Gasteiger partial charge in [0.15, 0.2) is 0 Å². The fraction of sp³-hybridized carbons (Fsp3) is 0.0625. The zero-order valence-corrected chi connectivity index (χ0v) is 13.1. The molecule has 0 unspecified atom stereocenters. The van der Waals surface area contributed by atoms with Crippen molar-refractivity contribution in [1.29, 1.82) is 0 Å². The molecule has 1 aromatic heterocycles. The number of anilines is 2. The van der Waals surface area contributed by atoms with Crippen molar-refractivity contribution in [3.8, 4) is 5.75 Å². The quantitative estimate of drug-likeness (QED) is 0.615. The van der Waals surface area contributed by atoms with E-state index in [1.54, 1.807) is 30.3 Å². The number of nitrogens with zero attached hydrogens (tertiary/aromatic N) is 2. The molecular weight excluding hydrogens is 332 g/mol. The Kier molecular flexibility index (Phi) is 4.62. The first kappa shape index (κ1) is 15.8. The highest BCUT2D eigenvalue weighted by atomic mass is 35.5. The van der Waals surface area contributed by atoms with Crippen LogP contribution in [-0.4, -0.2) is 21.2 Å². The molecule has 24 heavy (non-hydrogen) atoms. The van der Waals surface area contributed by atoms with E-state index in [1.807, 2.05) is 6.07 Å². The van der Waals surface area contributed by atoms with Crippen LogP contribution < -0.4 is 10.6 Å². The fourth-order valence-corrected chi connectivity index (χ4v) is 2.12. The van der Waals surface area contributed by atoms with Crippen LogP contribution in [0.5, 0.6) is 5.75 Å². The molecule has 0 spiro atoms. The lowest BCUT2D eigenvalue weighted by molar-refractivity contribution is 0.0947. The Hall–Kier alpha value is -3.06. The van der Waals surface area contributed by atoms with E-state index in [4.69, 9.17) is 16.0 Å². The maximum Gasteiger partial charge on any atom is 0.320 e. The summed E-state index contributed by atoms with van der Waals surface area (Å²) in [5, 5.41) is 23.3. The van der Waals surface area contributed by atoms with E-state index in [-0.39, 0.29) is 30.1 Å². The molecule has 0 bridgehead atoms. The minimum Gasteiger partial charge on any atom is -0.506 e. The summed E-state index contributed by atoms with van der Waals surface area (Å²) >= 11 is 5.87. The summed E-state index contributed by atoms with van der Waals surface area (Å²) in [5.74, 6) is -0.0179. The number of carbonyl (C=O) groups is 1. The average Bonchev–Trinajstić information content (AvgIpc) is 3.04. The maximum atomic E-state index is 11.9. The number of carbonyl (C=O) groups excluding carboxylic acids is 1. The zero-order valence-electron chi connectivity index (χ0n) is 12.4. The molecule has 3 aromatic rings. The summed E-state index contributed by atoms with van der Waals surface area (Å²) in [6.07, 6.45) is 0. The Morgan fingerprint density at radius 3 is 2.75 bits per heavy atom. The van der Waals surface area contributed by atoms with E-state index in [0.29, 0.717) is 16.3 Å². The topological polar surface area (TPSA) is 100 Å². The predicted molar refractivity (Wildman–Crippen MR) is 88.3 cm³/mol. The molecule has 0 fully saturated rings. The van der Waals surface area contributed by atoms with Gasteiger partial charge in [-0.15, -0.1) is 5.10 Å². The van der Waals surface area contributed by atoms with Crippen molar-refractivity contribution in [3.63, 3.8) is 0 Å². The number of hydrogen-bond acceptors (Lipinski definition) is 6. The molecule has 2 aromatic carbocycles. The summed E-state index contributed by atoms with van der Waals surface area (Å²) < 4.78 is 5.37. The SMILES string of the molecule is O=C(NCc1nnc(Nc2cc(Cl)ccc2O)o1)c1ccccc1. The van der Waals surface area contributed by atoms with Gasteiger partial charge in [-0.1, -0.05) is 34.9 Å². The number of phenols is 1. The molecule has 8 heteroatoms. The molecule has 0 aliphatic heterocycles. The van der Waals surface area contributed by atoms with Crippen molar-refractivity contribution in [1.82, 2.24) is 15.5 Å². The Balaban J connectivity index is 1.61. The van der Waals surface area contributed by atoms with Crippen molar-refractivity contribution in [2.75, 3.05) is 5.32 Å². The van der Waals surface area contributed by atoms with Crippen LogP contribution in [0.1, 0.15) is 16.2 Å². The number of amides is 1. The lowest BCUT2D eigenvalue weighted by Crippen LogP contribution is -2.22. The Morgan fingerprint density at radius 2 is 1.96 bits per heavy atom. The van der Waals surface area contributed by atoms with Crippen LogP contribution in [0.3, 0.4) is 0 Å². The van der Waals surface area contributed by atoms with Crippen molar-refractivity contribution in [2.45, 2.75) is 6.54 Å². The van der Waals surface area contributed by atoms with E-state index in [0.717, 1.165) is 0 Å². The van der Waals surface area contributed by atoms with Crippen molar-refractivity contribution in [3.05, 3.63) is 65.0 Å². The number of aromatic nitrogens is 2. The minimum atomic E-state index is -0.240. The van der Waals surface area contributed by atoms with Crippen LogP contribution in [0, 0.1) is 0 Å². The summed E-state index contributed by atoms with van der Waals surface area (Å²) in [4.78, 5) is 11.9. The summed E-state index contributed by atoms with van der Waals surface area (Å²) in [6.45, 7) is 0.0872. The number of rotatable bonds is 5. The lowest BCUT2D eigenvalue weighted by atomic mass is 10.2. The van der Waals surface area contributed by atoms with Gasteiger partial charge in [0.1, 0.15) is 5.75 Å². The summed E-state index contributed by atoms with van der Waals surface area (Å²) in [5.41, 5.74) is 0.880. The number of halogens is 1. The normalized spacial score (nSPS) is 10.4. The van der Waals surface area contributed by atoms with Gasteiger partial charge in [0.05, 0.1) is 12.2 Å². The van der Waals surface area contributed by atoms with E-state index >= 15 is 0 Å². The Bertz CT molecular complexity index is 852. The standard InChI is InChI=1S/C16H13ClN4O3/c17-11-6-7-13(22)12(8-11)19-16-21-20-14(24-16)9-18-15(23)10-4-2-1-3-5-10/h1-8,22H,9H2,(H,18,23)(H,19,21). The lowest BCUT2D eigenvalue weighted by Gasteiger charge is -2.04. The third-order valence-electron chi connectivity index (χ3n) is 3.10. The Morgan fingerprint density at radius 1 is 1.17 bits per heavy atom. The molecule has 7 nitrogen and oxygen atoms in total. The molecule has 3 N–H and O–H groups in total. The fourth-order valence-electron chi connectivity index (χ4n) is 1.95. The number of hydrogen-bond donors (Lipinski definition) is 3. The first-order valence-electron chi connectivity index (χ1n) is 7.03. The van der Waals surface area contributed by atoms with E-state index in [9.17, 15) is 9.90 Å². The molecule has 0 radical (unpaired) electrons. The summed E-state index contributed by atoms with van der Waals surface area (Å²) in [7, 11) is 0. The largest absolute Gasteiger partial charge is 0.506 e. The van der Waals surface area contributed by atoms with Crippen LogP contribution in [0.2, 0.25) is 5.02 Å². The maximum absolute atomic E-state index is 11.9. The Labute approximate surface area is 142 Å². The minimum absolute atomic E-state index is 0.00321. The van der Waals surface area contributed by atoms with Crippen LogP contribution >= 0.6 is 11.6 Å². The van der Waals surface area contributed by atoms with Crippen LogP contribution in [0.4, 0.5) is 11.7 Å². The molecular formula is C16H13ClN4O3. The molecule has 0 aliphatic rings. The predicted octanol–water partition coefficient (Wildman–Crippen LogP) is 3.10. The molecule has 1 heterocycles. The van der Waals surface area contributed by atoms with Gasteiger partial charge in [0.2, 0.25) is 5.89 Å². The van der Waals surface area contributed by atoms with E-state index in [2.05, 4.69) is 20.8 Å². The van der Waals surface area contributed by atoms with Gasteiger partial charge in [0.25, 0.3) is 5.91 Å². The van der Waals surface area contributed by atoms with Crippen molar-refractivity contribution in [2.24, 2.45) is 0 Å². The second-order valence-electron chi connectivity index (χ2n) is 4.84. The van der Waals surface area contributed by atoms with Gasteiger partial charge in [-0.2, -0.15) is 0 Å². The van der Waals surface area contributed by atoms with Crippen molar-refractivity contribution < 1.29 is 14.3 Å². The van der Waals surface area contributed by atoms with Gasteiger partial charge in [-0.3, -0.25) is 4.79 Å². The molecule has 122 valence electrons. The van der Waals surface area contributed by atoms with Gasteiger partial charge in [0, 0.05) is 10.6 Å². The number of nitrogens with one attached hydrogen (secondary N) is 2. The summed E-state index contributed by atoms with van der Waals surface area (Å²) in [6, 6.07) is 13.4. The average molecular weight is 345 g/mol. The van der Waals surface area contributed by atoms with Gasteiger partial charge in [-0.25, -0.2) is 0 Å². The van der Waals surface area contributed by atoms with Crippen LogP contribution in [0.15, 0.2) is 52.9 Å². The van der Waals surface area contributed by atoms with Gasteiger partial charge >= 0.3 is 6.01 Å². The first-order valence-corrected chi connectivity index (χ1v) is 7.41. The smallest absolute Gasteiger partial charge is 0.320 e. The van der Waals surface area contributed by atoms with Crippen molar-refractivity contribution >= 4 is 29.2 Å². The molecule has 3 rings (SSSR count). The number of phenolic OH excluding ortho intramolecular Hbond substituents is 1. The zero-order chi connectivity index (χ0) is 16.9. The highest BCUT2D eigenvalue weighted by molar-refractivity contribution is 6.30. The highest BCUT2D eigenvalue weighted by Crippen LogP contribution is 2.28. The number of benzene rings is 2. The number of aromatic hydroxyl groups is 1. The van der Waals surface area contributed by atoms with Gasteiger partial charge < -0.3 is 20.2 Å². The van der Waals surface area contributed by atoms with Crippen LogP contribution in [0.25, 0.3) is 0 Å².